The van der Waals surface area contributed by atoms with E-state index in [9.17, 15) is 0 Å². The topological polar surface area (TPSA) is 9.23 Å². The molecule has 0 aromatic heterocycles. The number of alkyl halides is 1. The fourth-order valence-corrected chi connectivity index (χ4v) is 2.36. The summed E-state index contributed by atoms with van der Waals surface area (Å²) in [6.45, 7) is 4.37. The van der Waals surface area contributed by atoms with Crippen molar-refractivity contribution in [2.24, 2.45) is 0 Å². The molecule has 0 aliphatic heterocycles. The van der Waals surface area contributed by atoms with Crippen LogP contribution in [0.1, 0.15) is 31.7 Å². The van der Waals surface area contributed by atoms with Gasteiger partial charge in [0, 0.05) is 4.83 Å². The molecule has 0 spiro atoms. The minimum absolute atomic E-state index is 0.505. The zero-order valence-corrected chi connectivity index (χ0v) is 11.6. The first kappa shape index (κ1) is 12.9. The van der Waals surface area contributed by atoms with Crippen LogP contribution < -0.4 is 4.74 Å². The van der Waals surface area contributed by atoms with E-state index in [2.05, 4.69) is 35.8 Å². The fraction of sp³-hybridized carbons (Fsp3) is 0.500. The first-order valence-electron chi connectivity index (χ1n) is 5.02. The van der Waals surface area contributed by atoms with Crippen LogP contribution in [0.5, 0.6) is 5.75 Å². The van der Waals surface area contributed by atoms with Crippen LogP contribution in [0.15, 0.2) is 18.2 Å². The summed E-state index contributed by atoms with van der Waals surface area (Å²) < 4.78 is 5.20. The highest BCUT2D eigenvalue weighted by Crippen LogP contribution is 2.30. The first-order chi connectivity index (χ1) is 7.04. The minimum Gasteiger partial charge on any atom is -0.495 e. The highest BCUT2D eigenvalue weighted by molar-refractivity contribution is 9.09. The van der Waals surface area contributed by atoms with E-state index >= 15 is 0 Å². The second-order valence-electron chi connectivity index (χ2n) is 3.81. The molecular formula is C12H16BrClO. The first-order valence-corrected chi connectivity index (χ1v) is 6.31. The van der Waals surface area contributed by atoms with E-state index < -0.39 is 0 Å². The summed E-state index contributed by atoms with van der Waals surface area (Å²) in [5, 5.41) is 0.667. The molecule has 0 fully saturated rings. The Morgan fingerprint density at radius 2 is 2.07 bits per heavy atom. The third kappa shape index (κ3) is 3.69. The maximum Gasteiger partial charge on any atom is 0.137 e. The second-order valence-corrected chi connectivity index (χ2v) is 5.78. The van der Waals surface area contributed by atoms with E-state index in [-0.39, 0.29) is 0 Å². The maximum atomic E-state index is 5.97. The van der Waals surface area contributed by atoms with Crippen molar-refractivity contribution >= 4 is 27.5 Å². The van der Waals surface area contributed by atoms with Crippen molar-refractivity contribution in [3.8, 4) is 5.75 Å². The van der Waals surface area contributed by atoms with Gasteiger partial charge < -0.3 is 4.74 Å². The standard InChI is InChI=1S/C12H16BrClO/c1-8(6-9(2)13)10-4-5-11(14)12(7-10)15-3/h4-5,7-9H,6H2,1-3H3. The van der Waals surface area contributed by atoms with E-state index in [1.54, 1.807) is 7.11 Å². The van der Waals surface area contributed by atoms with Crippen LogP contribution in [-0.4, -0.2) is 11.9 Å². The summed E-state index contributed by atoms with van der Waals surface area (Å²) in [7, 11) is 1.64. The zero-order valence-electron chi connectivity index (χ0n) is 9.26. The lowest BCUT2D eigenvalue weighted by atomic mass is 9.96. The molecule has 0 radical (unpaired) electrons. The molecule has 15 heavy (non-hydrogen) atoms. The predicted molar refractivity (Wildman–Crippen MR) is 69.4 cm³/mol. The van der Waals surface area contributed by atoms with Gasteiger partial charge in [0.05, 0.1) is 12.1 Å². The number of hydrogen-bond donors (Lipinski definition) is 0. The number of rotatable bonds is 4. The molecule has 0 saturated carbocycles. The summed E-state index contributed by atoms with van der Waals surface area (Å²) >= 11 is 9.54. The van der Waals surface area contributed by atoms with Gasteiger partial charge in [0.15, 0.2) is 0 Å². The average Bonchev–Trinajstić information content (AvgIpc) is 2.17. The molecule has 1 aromatic rings. The van der Waals surface area contributed by atoms with Gasteiger partial charge in [-0.2, -0.15) is 0 Å². The molecular weight excluding hydrogens is 275 g/mol. The van der Waals surface area contributed by atoms with Crippen molar-refractivity contribution < 1.29 is 4.74 Å². The van der Waals surface area contributed by atoms with Crippen molar-refractivity contribution in [3.63, 3.8) is 0 Å². The van der Waals surface area contributed by atoms with Crippen LogP contribution in [0.4, 0.5) is 0 Å². The van der Waals surface area contributed by atoms with Gasteiger partial charge in [-0.3, -0.25) is 0 Å². The van der Waals surface area contributed by atoms with Gasteiger partial charge in [-0.15, -0.1) is 0 Å². The molecule has 0 bridgehead atoms. The van der Waals surface area contributed by atoms with E-state index in [1.165, 1.54) is 5.56 Å². The highest BCUT2D eigenvalue weighted by atomic mass is 79.9. The molecule has 1 rings (SSSR count). The Bertz CT molecular complexity index is 325. The SMILES string of the molecule is COc1cc(C(C)CC(C)Br)ccc1Cl. The smallest absolute Gasteiger partial charge is 0.137 e. The van der Waals surface area contributed by atoms with E-state index in [0.29, 0.717) is 15.8 Å². The van der Waals surface area contributed by atoms with Crippen LogP contribution in [0.25, 0.3) is 0 Å². The Kier molecular flexibility index (Phi) is 4.94. The molecule has 84 valence electrons. The molecule has 1 aromatic carbocycles. The molecule has 0 N–H and O–H groups in total. The van der Waals surface area contributed by atoms with Gasteiger partial charge in [0.1, 0.15) is 5.75 Å². The Morgan fingerprint density at radius 3 is 2.60 bits per heavy atom. The van der Waals surface area contributed by atoms with Crippen molar-refractivity contribution in [2.75, 3.05) is 7.11 Å². The summed E-state index contributed by atoms with van der Waals surface area (Å²) in [5.74, 6) is 1.26. The van der Waals surface area contributed by atoms with E-state index in [0.717, 1.165) is 12.2 Å². The molecule has 2 atom stereocenters. The normalized spacial score (nSPS) is 14.7. The number of ether oxygens (including phenoxy) is 1. The summed E-state index contributed by atoms with van der Waals surface area (Å²) in [5.41, 5.74) is 1.27. The van der Waals surface area contributed by atoms with Gasteiger partial charge >= 0.3 is 0 Å². The second kappa shape index (κ2) is 5.76. The van der Waals surface area contributed by atoms with Gasteiger partial charge in [-0.1, -0.05) is 47.4 Å². The fourth-order valence-electron chi connectivity index (χ4n) is 1.61. The van der Waals surface area contributed by atoms with Crippen molar-refractivity contribution in [3.05, 3.63) is 28.8 Å². The third-order valence-corrected chi connectivity index (χ3v) is 3.11. The Labute approximate surface area is 105 Å². The van der Waals surface area contributed by atoms with Gasteiger partial charge in [-0.25, -0.2) is 0 Å². The van der Waals surface area contributed by atoms with Gasteiger partial charge in [-0.05, 0) is 30.0 Å². The van der Waals surface area contributed by atoms with Crippen LogP contribution in [0, 0.1) is 0 Å². The van der Waals surface area contributed by atoms with Crippen LogP contribution in [0.2, 0.25) is 5.02 Å². The van der Waals surface area contributed by atoms with Gasteiger partial charge in [0.25, 0.3) is 0 Å². The van der Waals surface area contributed by atoms with Crippen LogP contribution >= 0.6 is 27.5 Å². The minimum atomic E-state index is 0.505. The number of methoxy groups -OCH3 is 1. The molecule has 1 nitrogen and oxygen atoms in total. The average molecular weight is 292 g/mol. The van der Waals surface area contributed by atoms with Crippen molar-refractivity contribution in [1.82, 2.24) is 0 Å². The molecule has 0 aliphatic rings. The molecule has 2 unspecified atom stereocenters. The molecule has 0 saturated heterocycles. The number of hydrogen-bond acceptors (Lipinski definition) is 1. The van der Waals surface area contributed by atoms with E-state index in [4.69, 9.17) is 16.3 Å². The number of halogens is 2. The Hall–Kier alpha value is -0.210. The Morgan fingerprint density at radius 1 is 1.40 bits per heavy atom. The molecule has 3 heteroatoms. The lowest BCUT2D eigenvalue weighted by Gasteiger charge is -2.14. The highest BCUT2D eigenvalue weighted by Gasteiger charge is 2.10. The number of benzene rings is 1. The van der Waals surface area contributed by atoms with Gasteiger partial charge in [0.2, 0.25) is 0 Å². The summed E-state index contributed by atoms with van der Waals surface area (Å²) in [6.07, 6.45) is 1.10. The summed E-state index contributed by atoms with van der Waals surface area (Å²) in [4.78, 5) is 0.522. The molecule has 0 aliphatic carbocycles. The molecule has 0 amide bonds. The molecule has 0 heterocycles. The Balaban J connectivity index is 2.85. The predicted octanol–water partition coefficient (Wildman–Crippen LogP) is 4.63. The lowest BCUT2D eigenvalue weighted by Crippen LogP contribution is -2.00. The summed E-state index contributed by atoms with van der Waals surface area (Å²) in [6, 6.07) is 5.97. The lowest BCUT2D eigenvalue weighted by molar-refractivity contribution is 0.414. The van der Waals surface area contributed by atoms with E-state index in [1.807, 2.05) is 12.1 Å². The van der Waals surface area contributed by atoms with Crippen molar-refractivity contribution in [2.45, 2.75) is 31.0 Å². The zero-order chi connectivity index (χ0) is 11.4. The third-order valence-electron chi connectivity index (χ3n) is 2.42. The van der Waals surface area contributed by atoms with Crippen LogP contribution in [-0.2, 0) is 0 Å². The monoisotopic (exact) mass is 290 g/mol. The van der Waals surface area contributed by atoms with Crippen LogP contribution in [0.3, 0.4) is 0 Å². The maximum absolute atomic E-state index is 5.97. The largest absolute Gasteiger partial charge is 0.495 e. The quantitative estimate of drug-likeness (QED) is 0.735. The van der Waals surface area contributed by atoms with Crippen molar-refractivity contribution in [1.29, 1.82) is 0 Å².